The lowest BCUT2D eigenvalue weighted by atomic mass is 10.1. The Kier molecular flexibility index (Phi) is 5.97. The van der Waals surface area contributed by atoms with Gasteiger partial charge >= 0.3 is 5.97 Å². The van der Waals surface area contributed by atoms with Crippen molar-refractivity contribution in [2.24, 2.45) is 0 Å². The fourth-order valence-corrected chi connectivity index (χ4v) is 1.74. The van der Waals surface area contributed by atoms with Gasteiger partial charge in [-0.05, 0) is 31.0 Å². The Morgan fingerprint density at radius 2 is 2.24 bits per heavy atom. The molecule has 17 heavy (non-hydrogen) atoms. The monoisotopic (exact) mass is 304 g/mol. The summed E-state index contributed by atoms with van der Waals surface area (Å²) in [5.74, 6) is 0.188. The van der Waals surface area contributed by atoms with Crippen LogP contribution < -0.4 is 4.74 Å². The zero-order valence-electron chi connectivity index (χ0n) is 9.54. The quantitative estimate of drug-likeness (QED) is 0.757. The average molecular weight is 305 g/mol. The summed E-state index contributed by atoms with van der Waals surface area (Å²) in [5.41, 5.74) is 0.791. The van der Waals surface area contributed by atoms with Gasteiger partial charge in [0.1, 0.15) is 5.75 Å². The van der Waals surface area contributed by atoms with E-state index in [2.05, 4.69) is 15.9 Å². The normalized spacial score (nSPS) is 10.1. The second-order valence-corrected chi connectivity index (χ2v) is 4.23. The molecule has 1 aromatic carbocycles. The summed E-state index contributed by atoms with van der Waals surface area (Å²) in [6, 6.07) is 5.31. The molecule has 0 amide bonds. The van der Waals surface area contributed by atoms with Crippen LogP contribution in [0.4, 0.5) is 4.39 Å². The number of carbonyl (C=O) groups is 1. The Morgan fingerprint density at radius 3 is 2.88 bits per heavy atom. The molecule has 0 fully saturated rings. The highest BCUT2D eigenvalue weighted by molar-refractivity contribution is 9.10. The smallest absolute Gasteiger partial charge is 0.306 e. The fraction of sp³-hybridized carbons (Fsp3) is 0.417. The third kappa shape index (κ3) is 4.73. The van der Waals surface area contributed by atoms with Crippen LogP contribution in [0.25, 0.3) is 0 Å². The highest BCUT2D eigenvalue weighted by atomic mass is 79.9. The molecule has 0 aliphatic carbocycles. The van der Waals surface area contributed by atoms with E-state index >= 15 is 0 Å². The van der Waals surface area contributed by atoms with Crippen LogP contribution in [0.15, 0.2) is 22.7 Å². The molecule has 1 rings (SSSR count). The number of benzene rings is 1. The first kappa shape index (κ1) is 14.0. The van der Waals surface area contributed by atoms with Crippen molar-refractivity contribution in [1.29, 1.82) is 0 Å². The number of hydrogen-bond acceptors (Lipinski definition) is 3. The molecule has 0 aromatic heterocycles. The summed E-state index contributed by atoms with van der Waals surface area (Å²) in [7, 11) is 0. The van der Waals surface area contributed by atoms with E-state index in [1.807, 2.05) is 6.07 Å². The number of aryl methyl sites for hydroxylation is 1. The first-order valence-electron chi connectivity index (χ1n) is 5.30. The molecule has 0 radical (unpaired) electrons. The van der Waals surface area contributed by atoms with Gasteiger partial charge in [0.05, 0.1) is 6.61 Å². The Hall–Kier alpha value is -1.10. The molecule has 0 saturated carbocycles. The maximum absolute atomic E-state index is 12.2. The summed E-state index contributed by atoms with van der Waals surface area (Å²) < 4.78 is 22.7. The average Bonchev–Trinajstić information content (AvgIpc) is 2.29. The summed E-state index contributed by atoms with van der Waals surface area (Å²) >= 11 is 3.28. The lowest BCUT2D eigenvalue weighted by Crippen LogP contribution is -2.06. The third-order valence-corrected chi connectivity index (χ3v) is 2.64. The van der Waals surface area contributed by atoms with Crippen molar-refractivity contribution < 1.29 is 18.7 Å². The molecule has 0 N–H and O–H groups in total. The van der Waals surface area contributed by atoms with Gasteiger partial charge in [0.2, 0.25) is 6.86 Å². The molecule has 0 heterocycles. The van der Waals surface area contributed by atoms with Gasteiger partial charge in [-0.25, -0.2) is 4.39 Å². The van der Waals surface area contributed by atoms with Crippen LogP contribution in [-0.2, 0) is 16.0 Å². The van der Waals surface area contributed by atoms with Gasteiger partial charge in [-0.2, -0.15) is 0 Å². The first-order chi connectivity index (χ1) is 8.17. The molecule has 0 aliphatic heterocycles. The fourth-order valence-electron chi connectivity index (χ4n) is 1.40. The summed E-state index contributed by atoms with van der Waals surface area (Å²) in [6.45, 7) is 1.24. The third-order valence-electron chi connectivity index (χ3n) is 2.14. The Balaban J connectivity index is 2.66. The molecular formula is C12H14BrFO3. The number of halogens is 2. The molecule has 0 atom stereocenters. The minimum absolute atomic E-state index is 0.262. The van der Waals surface area contributed by atoms with Gasteiger partial charge in [-0.3, -0.25) is 4.79 Å². The molecule has 0 spiro atoms. The van der Waals surface area contributed by atoms with Crippen molar-refractivity contribution in [3.05, 3.63) is 28.2 Å². The van der Waals surface area contributed by atoms with Crippen LogP contribution in [0, 0.1) is 0 Å². The molecule has 0 unspecified atom stereocenters. The predicted molar refractivity (Wildman–Crippen MR) is 65.7 cm³/mol. The summed E-state index contributed by atoms with van der Waals surface area (Å²) in [6.07, 6.45) is 0.736. The van der Waals surface area contributed by atoms with Gasteiger partial charge in [-0.1, -0.05) is 22.0 Å². The first-order valence-corrected chi connectivity index (χ1v) is 6.09. The Morgan fingerprint density at radius 1 is 1.47 bits per heavy atom. The van der Waals surface area contributed by atoms with Gasteiger partial charge in [-0.15, -0.1) is 0 Å². The number of esters is 1. The summed E-state index contributed by atoms with van der Waals surface area (Å²) in [5, 5.41) is 0. The van der Waals surface area contributed by atoms with Gasteiger partial charge in [0.25, 0.3) is 0 Å². The molecular weight excluding hydrogens is 291 g/mol. The second-order valence-electron chi connectivity index (χ2n) is 3.31. The number of ether oxygens (including phenoxy) is 2. The largest absolute Gasteiger partial charge is 0.466 e. The van der Waals surface area contributed by atoms with Crippen LogP contribution >= 0.6 is 15.9 Å². The van der Waals surface area contributed by atoms with E-state index in [1.165, 1.54) is 0 Å². The summed E-state index contributed by atoms with van der Waals surface area (Å²) in [4.78, 5) is 11.2. The van der Waals surface area contributed by atoms with E-state index < -0.39 is 6.86 Å². The van der Waals surface area contributed by atoms with Crippen LogP contribution in [0.3, 0.4) is 0 Å². The number of alkyl halides is 1. The molecule has 0 bridgehead atoms. The molecule has 5 heteroatoms. The Bertz CT molecular complexity index is 382. The topological polar surface area (TPSA) is 35.5 Å². The molecule has 94 valence electrons. The van der Waals surface area contributed by atoms with Crippen molar-refractivity contribution in [3.8, 4) is 5.75 Å². The minimum atomic E-state index is -0.886. The zero-order valence-corrected chi connectivity index (χ0v) is 11.1. The number of carbonyl (C=O) groups excluding carboxylic acids is 1. The van der Waals surface area contributed by atoms with E-state index in [1.54, 1.807) is 19.1 Å². The molecule has 0 saturated heterocycles. The van der Waals surface area contributed by atoms with Crippen LogP contribution in [0.5, 0.6) is 5.75 Å². The molecule has 3 nitrogen and oxygen atoms in total. The zero-order chi connectivity index (χ0) is 12.7. The molecule has 0 aliphatic rings. The van der Waals surface area contributed by atoms with E-state index in [-0.39, 0.29) is 12.4 Å². The second kappa shape index (κ2) is 7.27. The molecule has 1 aromatic rings. The van der Waals surface area contributed by atoms with Gasteiger partial charge in [0.15, 0.2) is 0 Å². The van der Waals surface area contributed by atoms with E-state index in [9.17, 15) is 9.18 Å². The van der Waals surface area contributed by atoms with Crippen molar-refractivity contribution in [2.45, 2.75) is 19.8 Å². The Labute approximate surface area is 108 Å². The predicted octanol–water partition coefficient (Wildman–Crippen LogP) is 3.25. The van der Waals surface area contributed by atoms with Gasteiger partial charge < -0.3 is 9.47 Å². The van der Waals surface area contributed by atoms with E-state index in [0.29, 0.717) is 18.8 Å². The minimum Gasteiger partial charge on any atom is -0.466 e. The standard InChI is InChI=1S/C12H14BrFO3/c1-2-16-12(15)6-4-9-3-5-10(13)7-11(9)17-8-14/h3,5,7H,2,4,6,8H2,1H3. The van der Waals surface area contributed by atoms with Crippen LogP contribution in [0.2, 0.25) is 0 Å². The highest BCUT2D eigenvalue weighted by Gasteiger charge is 2.08. The van der Waals surface area contributed by atoms with Crippen molar-refractivity contribution in [1.82, 2.24) is 0 Å². The van der Waals surface area contributed by atoms with Crippen molar-refractivity contribution in [2.75, 3.05) is 13.5 Å². The van der Waals surface area contributed by atoms with Crippen molar-refractivity contribution in [3.63, 3.8) is 0 Å². The maximum Gasteiger partial charge on any atom is 0.306 e. The van der Waals surface area contributed by atoms with Gasteiger partial charge in [0, 0.05) is 10.9 Å². The number of rotatable bonds is 6. The van der Waals surface area contributed by atoms with E-state index in [0.717, 1.165) is 10.0 Å². The van der Waals surface area contributed by atoms with E-state index in [4.69, 9.17) is 9.47 Å². The SMILES string of the molecule is CCOC(=O)CCc1ccc(Br)cc1OCF. The van der Waals surface area contributed by atoms with Crippen LogP contribution in [-0.4, -0.2) is 19.4 Å². The lowest BCUT2D eigenvalue weighted by Gasteiger charge is -2.09. The van der Waals surface area contributed by atoms with Crippen molar-refractivity contribution >= 4 is 21.9 Å². The maximum atomic E-state index is 12.2. The highest BCUT2D eigenvalue weighted by Crippen LogP contribution is 2.25. The lowest BCUT2D eigenvalue weighted by molar-refractivity contribution is -0.143. The van der Waals surface area contributed by atoms with Crippen LogP contribution in [0.1, 0.15) is 18.9 Å². The number of hydrogen-bond donors (Lipinski definition) is 0.